The molecule has 0 radical (unpaired) electrons. The number of carbonyl (C=O) groups excluding carboxylic acids is 2. The molecule has 1 fully saturated rings. The Hall–Kier alpha value is -2.11. The number of amides is 2. The Labute approximate surface area is 171 Å². The topological polar surface area (TPSA) is 58.2 Å². The third-order valence-electron chi connectivity index (χ3n) is 5.49. The van der Waals surface area contributed by atoms with E-state index in [2.05, 4.69) is 33.1 Å². The summed E-state index contributed by atoms with van der Waals surface area (Å²) in [4.78, 5) is 26.0. The van der Waals surface area contributed by atoms with E-state index in [4.69, 9.17) is 11.6 Å². The minimum Gasteiger partial charge on any atom is -0.348 e. The fourth-order valence-corrected chi connectivity index (χ4v) is 5.05. The lowest BCUT2D eigenvalue weighted by molar-refractivity contribution is -0.130. The van der Waals surface area contributed by atoms with E-state index in [1.54, 1.807) is 12.1 Å². The Morgan fingerprint density at radius 2 is 2.04 bits per heavy atom. The summed E-state index contributed by atoms with van der Waals surface area (Å²) in [7, 11) is 0. The first-order chi connectivity index (χ1) is 12.8. The van der Waals surface area contributed by atoms with Gasteiger partial charge in [0.15, 0.2) is 0 Å². The van der Waals surface area contributed by atoms with Crippen LogP contribution in [0.15, 0.2) is 59.1 Å². The summed E-state index contributed by atoms with van der Waals surface area (Å²) in [5.74, 6) is -0.556. The van der Waals surface area contributed by atoms with Gasteiger partial charge in [0, 0.05) is 27.5 Å². The van der Waals surface area contributed by atoms with Gasteiger partial charge in [-0.15, -0.1) is 0 Å². The largest absolute Gasteiger partial charge is 0.348 e. The van der Waals surface area contributed by atoms with Crippen molar-refractivity contribution in [2.24, 2.45) is 0 Å². The molecule has 2 aliphatic rings. The molecule has 0 aliphatic carbocycles. The minimum absolute atomic E-state index is 0.0891. The van der Waals surface area contributed by atoms with Crippen LogP contribution < -0.4 is 10.6 Å². The second-order valence-electron chi connectivity index (χ2n) is 7.17. The Kier molecular flexibility index (Phi) is 4.40. The van der Waals surface area contributed by atoms with Crippen molar-refractivity contribution in [1.29, 1.82) is 0 Å². The molecule has 138 valence electrons. The van der Waals surface area contributed by atoms with E-state index in [-0.39, 0.29) is 24.2 Å². The van der Waals surface area contributed by atoms with Gasteiger partial charge in [-0.3, -0.25) is 9.59 Å². The zero-order valence-corrected chi connectivity index (χ0v) is 17.0. The number of fused-ring (bicyclic) bond motifs is 2. The maximum Gasteiger partial charge on any atom is 0.238 e. The molecule has 1 saturated heterocycles. The summed E-state index contributed by atoms with van der Waals surface area (Å²) in [5, 5.41) is 6.54. The second kappa shape index (κ2) is 6.50. The summed E-state index contributed by atoms with van der Waals surface area (Å²) in [6, 6.07) is 12.7. The predicted molar refractivity (Wildman–Crippen MR) is 110 cm³/mol. The second-order valence-corrected chi connectivity index (χ2v) is 8.52. The SMILES string of the molecule is C=C(C)C1NC(=O)CC(c2cccc(Br)c2)C12C(=O)Nc1cc(Cl)ccc12. The summed E-state index contributed by atoms with van der Waals surface area (Å²) < 4.78 is 0.905. The first-order valence-corrected chi connectivity index (χ1v) is 9.83. The van der Waals surface area contributed by atoms with Gasteiger partial charge in [0.05, 0.1) is 6.04 Å². The quantitative estimate of drug-likeness (QED) is 0.667. The molecule has 4 rings (SSSR count). The molecule has 2 heterocycles. The number of hydrogen-bond donors (Lipinski definition) is 2. The highest BCUT2D eigenvalue weighted by atomic mass is 79.9. The predicted octanol–water partition coefficient (Wildman–Crippen LogP) is 4.54. The van der Waals surface area contributed by atoms with Gasteiger partial charge in [0.25, 0.3) is 0 Å². The van der Waals surface area contributed by atoms with Crippen molar-refractivity contribution in [3.8, 4) is 0 Å². The van der Waals surface area contributed by atoms with Gasteiger partial charge >= 0.3 is 0 Å². The molecule has 6 heteroatoms. The number of halogens is 2. The molecule has 27 heavy (non-hydrogen) atoms. The van der Waals surface area contributed by atoms with Crippen LogP contribution in [0, 0.1) is 0 Å². The monoisotopic (exact) mass is 444 g/mol. The molecular weight excluding hydrogens is 428 g/mol. The van der Waals surface area contributed by atoms with Gasteiger partial charge < -0.3 is 10.6 Å². The van der Waals surface area contributed by atoms with Crippen molar-refractivity contribution in [1.82, 2.24) is 5.32 Å². The smallest absolute Gasteiger partial charge is 0.238 e. The Balaban J connectivity index is 2.01. The van der Waals surface area contributed by atoms with E-state index in [0.717, 1.165) is 21.2 Å². The standard InChI is InChI=1S/C21H18BrClN2O2/c1-11(2)19-21(15-7-6-14(23)9-17(15)24-20(21)27)16(10-18(26)25-19)12-4-3-5-13(22)8-12/h3-9,16,19H,1,10H2,2H3,(H,24,27)(H,25,26). The van der Waals surface area contributed by atoms with Crippen LogP contribution in [0.1, 0.15) is 30.4 Å². The number of nitrogens with one attached hydrogen (secondary N) is 2. The van der Waals surface area contributed by atoms with Crippen molar-refractivity contribution in [3.05, 3.63) is 75.2 Å². The Morgan fingerprint density at radius 1 is 1.26 bits per heavy atom. The average molecular weight is 446 g/mol. The summed E-state index contributed by atoms with van der Waals surface area (Å²) in [6.45, 7) is 5.92. The number of anilines is 1. The van der Waals surface area contributed by atoms with Gasteiger partial charge in [-0.1, -0.05) is 57.9 Å². The normalized spacial score (nSPS) is 26.5. The molecule has 1 spiro atoms. The van der Waals surface area contributed by atoms with Crippen LogP contribution in [0.25, 0.3) is 0 Å². The lowest BCUT2D eigenvalue weighted by atomic mass is 9.59. The minimum atomic E-state index is -0.972. The van der Waals surface area contributed by atoms with Crippen LogP contribution in [0.4, 0.5) is 5.69 Å². The molecular formula is C21H18BrClN2O2. The highest BCUT2D eigenvalue weighted by molar-refractivity contribution is 9.10. The van der Waals surface area contributed by atoms with Crippen LogP contribution in [0.5, 0.6) is 0 Å². The third-order valence-corrected chi connectivity index (χ3v) is 6.22. The number of benzene rings is 2. The molecule has 2 aromatic carbocycles. The van der Waals surface area contributed by atoms with E-state index >= 15 is 0 Å². The van der Waals surface area contributed by atoms with Crippen molar-refractivity contribution in [3.63, 3.8) is 0 Å². The van der Waals surface area contributed by atoms with Gasteiger partial charge in [-0.05, 0) is 42.3 Å². The number of hydrogen-bond acceptors (Lipinski definition) is 2. The molecule has 3 unspecified atom stereocenters. The maximum atomic E-state index is 13.5. The first-order valence-electron chi connectivity index (χ1n) is 8.65. The summed E-state index contributed by atoms with van der Waals surface area (Å²) in [6.07, 6.45) is 0.218. The van der Waals surface area contributed by atoms with E-state index in [9.17, 15) is 9.59 Å². The van der Waals surface area contributed by atoms with Gasteiger partial charge in [-0.2, -0.15) is 0 Å². The van der Waals surface area contributed by atoms with Crippen LogP contribution in [0.3, 0.4) is 0 Å². The first kappa shape index (κ1) is 18.3. The number of rotatable bonds is 2. The molecule has 2 aliphatic heterocycles. The maximum absolute atomic E-state index is 13.5. The van der Waals surface area contributed by atoms with E-state index < -0.39 is 11.5 Å². The van der Waals surface area contributed by atoms with Gasteiger partial charge in [-0.25, -0.2) is 0 Å². The molecule has 0 bridgehead atoms. The molecule has 4 nitrogen and oxygen atoms in total. The van der Waals surface area contributed by atoms with Crippen molar-refractivity contribution >= 4 is 45.0 Å². The fourth-order valence-electron chi connectivity index (χ4n) is 4.46. The van der Waals surface area contributed by atoms with Crippen LogP contribution >= 0.6 is 27.5 Å². The molecule has 3 atom stereocenters. The molecule has 2 N–H and O–H groups in total. The van der Waals surface area contributed by atoms with Crippen LogP contribution in [0.2, 0.25) is 5.02 Å². The van der Waals surface area contributed by atoms with Crippen molar-refractivity contribution in [2.45, 2.75) is 30.7 Å². The van der Waals surface area contributed by atoms with E-state index in [1.807, 2.05) is 37.3 Å². The van der Waals surface area contributed by atoms with E-state index in [1.165, 1.54) is 0 Å². The average Bonchev–Trinajstić information content (AvgIpc) is 2.88. The van der Waals surface area contributed by atoms with Crippen LogP contribution in [-0.2, 0) is 15.0 Å². The van der Waals surface area contributed by atoms with E-state index in [0.29, 0.717) is 10.7 Å². The zero-order valence-electron chi connectivity index (χ0n) is 14.7. The Bertz CT molecular complexity index is 990. The molecule has 2 aromatic rings. The number of piperidine rings is 1. The van der Waals surface area contributed by atoms with Crippen molar-refractivity contribution < 1.29 is 9.59 Å². The van der Waals surface area contributed by atoms with Gasteiger partial charge in [0.2, 0.25) is 11.8 Å². The lowest BCUT2D eigenvalue weighted by Crippen LogP contribution is -2.62. The third kappa shape index (κ3) is 2.72. The van der Waals surface area contributed by atoms with Gasteiger partial charge in [0.1, 0.15) is 5.41 Å². The highest BCUT2D eigenvalue weighted by Gasteiger charge is 2.60. The van der Waals surface area contributed by atoms with Crippen LogP contribution in [-0.4, -0.2) is 17.9 Å². The number of carbonyl (C=O) groups is 2. The molecule has 0 saturated carbocycles. The summed E-state index contributed by atoms with van der Waals surface area (Å²) in [5.41, 5.74) is 2.23. The highest BCUT2D eigenvalue weighted by Crippen LogP contribution is 2.54. The zero-order chi connectivity index (χ0) is 19.3. The Morgan fingerprint density at radius 3 is 2.74 bits per heavy atom. The summed E-state index contributed by atoms with van der Waals surface area (Å²) >= 11 is 9.66. The lowest BCUT2D eigenvalue weighted by Gasteiger charge is -2.46. The fraction of sp³-hybridized carbons (Fsp3) is 0.238. The molecule has 2 amide bonds. The van der Waals surface area contributed by atoms with Crippen molar-refractivity contribution in [2.75, 3.05) is 5.32 Å². The molecule has 0 aromatic heterocycles.